The molecule has 1 fully saturated rings. The number of hydrogen-bond acceptors (Lipinski definition) is 6. The van der Waals surface area contributed by atoms with Crippen molar-refractivity contribution < 1.29 is 19.1 Å². The summed E-state index contributed by atoms with van der Waals surface area (Å²) in [5.41, 5.74) is 5.17. The van der Waals surface area contributed by atoms with Crippen molar-refractivity contribution in [1.29, 1.82) is 0 Å². The summed E-state index contributed by atoms with van der Waals surface area (Å²) in [5, 5.41) is 6.33. The van der Waals surface area contributed by atoms with Gasteiger partial charge in [0.1, 0.15) is 0 Å². The lowest BCUT2D eigenvalue weighted by molar-refractivity contribution is -0.119. The van der Waals surface area contributed by atoms with Crippen molar-refractivity contribution in [2.45, 2.75) is 19.8 Å². The number of fused-ring (bicyclic) bond motifs is 1. The van der Waals surface area contributed by atoms with Crippen LogP contribution in [-0.4, -0.2) is 56.0 Å². The van der Waals surface area contributed by atoms with Crippen molar-refractivity contribution in [3.05, 3.63) is 89.5 Å². The second-order valence-corrected chi connectivity index (χ2v) is 9.66. The van der Waals surface area contributed by atoms with E-state index in [1.807, 2.05) is 54.6 Å². The largest absolute Gasteiger partial charge is 0.462 e. The summed E-state index contributed by atoms with van der Waals surface area (Å²) in [7, 11) is 1.79. The van der Waals surface area contributed by atoms with Crippen molar-refractivity contribution in [2.75, 3.05) is 48.8 Å². The molecule has 2 aliphatic heterocycles. The van der Waals surface area contributed by atoms with Gasteiger partial charge in [0.15, 0.2) is 0 Å². The molecule has 0 unspecified atom stereocenters. The summed E-state index contributed by atoms with van der Waals surface area (Å²) < 4.78 is 5.11. The molecule has 0 bridgehead atoms. The summed E-state index contributed by atoms with van der Waals surface area (Å²) in [4.78, 5) is 42.1. The van der Waals surface area contributed by atoms with Crippen LogP contribution in [0.4, 0.5) is 17.1 Å². The molecule has 0 aromatic heterocycles. The van der Waals surface area contributed by atoms with Crippen molar-refractivity contribution >= 4 is 46.1 Å². The lowest BCUT2D eigenvalue weighted by Gasteiger charge is -2.22. The van der Waals surface area contributed by atoms with Crippen LogP contribution in [0.2, 0.25) is 0 Å². The minimum Gasteiger partial charge on any atom is -0.462 e. The molecule has 0 radical (unpaired) electrons. The average molecular weight is 525 g/mol. The molecule has 2 N–H and O–H groups in total. The number of anilines is 3. The van der Waals surface area contributed by atoms with E-state index in [-0.39, 0.29) is 18.4 Å². The second-order valence-electron chi connectivity index (χ2n) is 9.66. The second kappa shape index (κ2) is 11.5. The lowest BCUT2D eigenvalue weighted by atomic mass is 9.99. The number of ether oxygens (including phenoxy) is 1. The van der Waals surface area contributed by atoms with Crippen molar-refractivity contribution in [2.24, 2.45) is 0 Å². The fraction of sp³-hybridized carbons (Fsp3) is 0.258. The standard InChI is InChI=1S/C31H32N4O4/c1-3-39-31(38)22-11-16-25-26(19-22)33-30(37)28(25)29(21-9-5-4-6-10-21)32-23-12-14-24(15-13-23)34(2)27(36)20-35-17-7-8-18-35/h4-6,9-16,19,32H,3,7-8,17-18,20H2,1-2H3,(H,33,37). The zero-order valence-electron chi connectivity index (χ0n) is 22.2. The molecule has 0 saturated carbocycles. The van der Waals surface area contributed by atoms with Gasteiger partial charge in [-0.25, -0.2) is 4.79 Å². The predicted octanol–water partition coefficient (Wildman–Crippen LogP) is 4.85. The highest BCUT2D eigenvalue weighted by Crippen LogP contribution is 2.38. The number of amides is 2. The molecule has 39 heavy (non-hydrogen) atoms. The molecule has 8 heteroatoms. The molecule has 0 aliphatic carbocycles. The van der Waals surface area contributed by atoms with E-state index in [1.165, 1.54) is 0 Å². The zero-order chi connectivity index (χ0) is 27.4. The third-order valence-corrected chi connectivity index (χ3v) is 7.04. The first-order valence-corrected chi connectivity index (χ1v) is 13.2. The number of nitrogens with one attached hydrogen (secondary N) is 2. The van der Waals surface area contributed by atoms with Gasteiger partial charge in [-0.1, -0.05) is 36.4 Å². The number of rotatable bonds is 8. The smallest absolute Gasteiger partial charge is 0.338 e. The summed E-state index contributed by atoms with van der Waals surface area (Å²) in [5.74, 6) is -0.635. The highest BCUT2D eigenvalue weighted by Gasteiger charge is 2.29. The minimum atomic E-state index is -0.433. The minimum absolute atomic E-state index is 0.0612. The number of nitrogens with zero attached hydrogens (tertiary/aromatic N) is 2. The van der Waals surface area contributed by atoms with E-state index in [0.29, 0.717) is 34.6 Å². The Labute approximate surface area is 228 Å². The highest BCUT2D eigenvalue weighted by atomic mass is 16.5. The van der Waals surface area contributed by atoms with Gasteiger partial charge >= 0.3 is 5.97 Å². The molecule has 8 nitrogen and oxygen atoms in total. The topological polar surface area (TPSA) is 91.0 Å². The normalized spacial score (nSPS) is 15.9. The van der Waals surface area contributed by atoms with Gasteiger partial charge in [0.05, 0.1) is 35.7 Å². The van der Waals surface area contributed by atoms with E-state index in [9.17, 15) is 14.4 Å². The number of carbonyl (C=O) groups excluding carboxylic acids is 3. The van der Waals surface area contributed by atoms with Crippen LogP contribution in [0.1, 0.15) is 41.3 Å². The molecular formula is C31H32N4O4. The number of hydrogen-bond donors (Lipinski definition) is 2. The van der Waals surface area contributed by atoms with Gasteiger partial charge in [0, 0.05) is 24.0 Å². The van der Waals surface area contributed by atoms with Gasteiger partial charge < -0.3 is 20.3 Å². The molecule has 200 valence electrons. The molecule has 0 atom stereocenters. The van der Waals surface area contributed by atoms with Crippen molar-refractivity contribution in [3.8, 4) is 0 Å². The molecule has 2 aliphatic rings. The first-order chi connectivity index (χ1) is 18.9. The zero-order valence-corrected chi connectivity index (χ0v) is 22.2. The Hall–Kier alpha value is -4.43. The van der Waals surface area contributed by atoms with Gasteiger partial charge in [-0.3, -0.25) is 14.5 Å². The van der Waals surface area contributed by atoms with Crippen LogP contribution < -0.4 is 15.5 Å². The van der Waals surface area contributed by atoms with E-state index in [0.717, 1.165) is 42.9 Å². The Balaban J connectivity index is 1.43. The van der Waals surface area contributed by atoms with Crippen LogP contribution in [0.3, 0.4) is 0 Å². The fourth-order valence-corrected chi connectivity index (χ4v) is 4.94. The summed E-state index contributed by atoms with van der Waals surface area (Å²) in [6, 6.07) is 22.3. The van der Waals surface area contributed by atoms with Gasteiger partial charge in [0.25, 0.3) is 5.91 Å². The molecule has 5 rings (SSSR count). The molecule has 0 spiro atoms. The molecule has 1 saturated heterocycles. The Kier molecular flexibility index (Phi) is 7.74. The van der Waals surface area contributed by atoms with Crippen LogP contribution in [0, 0.1) is 0 Å². The predicted molar refractivity (Wildman–Crippen MR) is 153 cm³/mol. The number of likely N-dealkylation sites (tertiary alicyclic amines) is 1. The SMILES string of the molecule is CCOC(=O)c1ccc2c(c1)NC(=O)C2=C(Nc1ccc(N(C)C(=O)CN2CCCC2)cc1)c1ccccc1. The molecule has 2 heterocycles. The third kappa shape index (κ3) is 5.71. The van der Waals surface area contributed by atoms with Gasteiger partial charge in [0.2, 0.25) is 5.91 Å². The van der Waals surface area contributed by atoms with E-state index < -0.39 is 5.97 Å². The highest BCUT2D eigenvalue weighted by molar-refractivity contribution is 6.37. The van der Waals surface area contributed by atoms with Crippen molar-refractivity contribution in [3.63, 3.8) is 0 Å². The lowest BCUT2D eigenvalue weighted by Crippen LogP contribution is -2.37. The van der Waals surface area contributed by atoms with E-state index in [1.54, 1.807) is 37.1 Å². The summed E-state index contributed by atoms with van der Waals surface area (Å²) in [6.07, 6.45) is 2.29. The number of likely N-dealkylation sites (N-methyl/N-ethyl adjacent to an activating group) is 1. The molecule has 3 aromatic carbocycles. The Bertz CT molecular complexity index is 1410. The van der Waals surface area contributed by atoms with E-state index >= 15 is 0 Å². The molecule has 3 aromatic rings. The van der Waals surface area contributed by atoms with Gasteiger partial charge in [-0.2, -0.15) is 0 Å². The van der Waals surface area contributed by atoms with Crippen LogP contribution in [0.5, 0.6) is 0 Å². The Morgan fingerprint density at radius 1 is 0.974 bits per heavy atom. The molecule has 2 amide bonds. The number of carbonyl (C=O) groups is 3. The van der Waals surface area contributed by atoms with E-state index in [4.69, 9.17) is 4.74 Å². The van der Waals surface area contributed by atoms with Crippen LogP contribution in [-0.2, 0) is 14.3 Å². The Morgan fingerprint density at radius 3 is 2.38 bits per heavy atom. The Morgan fingerprint density at radius 2 is 1.69 bits per heavy atom. The first kappa shape index (κ1) is 26.2. The monoisotopic (exact) mass is 524 g/mol. The third-order valence-electron chi connectivity index (χ3n) is 7.04. The first-order valence-electron chi connectivity index (χ1n) is 13.2. The summed E-state index contributed by atoms with van der Waals surface area (Å²) in [6.45, 7) is 4.40. The average Bonchev–Trinajstić information content (AvgIpc) is 3.58. The van der Waals surface area contributed by atoms with Gasteiger partial charge in [-0.05, 0) is 74.8 Å². The maximum Gasteiger partial charge on any atom is 0.338 e. The van der Waals surface area contributed by atoms with Crippen LogP contribution >= 0.6 is 0 Å². The molecular weight excluding hydrogens is 492 g/mol. The van der Waals surface area contributed by atoms with E-state index in [2.05, 4.69) is 15.5 Å². The van der Waals surface area contributed by atoms with Crippen LogP contribution in [0.25, 0.3) is 11.3 Å². The van der Waals surface area contributed by atoms with Gasteiger partial charge in [-0.15, -0.1) is 0 Å². The van der Waals surface area contributed by atoms with Crippen LogP contribution in [0.15, 0.2) is 72.8 Å². The maximum absolute atomic E-state index is 13.2. The van der Waals surface area contributed by atoms with Crippen molar-refractivity contribution in [1.82, 2.24) is 4.90 Å². The summed E-state index contributed by atoms with van der Waals surface area (Å²) >= 11 is 0. The number of esters is 1. The fourth-order valence-electron chi connectivity index (χ4n) is 4.94. The number of benzene rings is 3. The maximum atomic E-state index is 13.2. The quantitative estimate of drug-likeness (QED) is 0.323.